The van der Waals surface area contributed by atoms with Crippen molar-refractivity contribution in [3.8, 4) is 0 Å². The molecule has 0 saturated carbocycles. The lowest BCUT2D eigenvalue weighted by atomic mass is 10.1. The van der Waals surface area contributed by atoms with Crippen molar-refractivity contribution in [1.29, 1.82) is 0 Å². The zero-order valence-electron chi connectivity index (χ0n) is 15.9. The van der Waals surface area contributed by atoms with Crippen molar-refractivity contribution in [2.24, 2.45) is 5.73 Å². The monoisotopic (exact) mass is 474 g/mol. The minimum absolute atomic E-state index is 0.00407. The number of nitrogens with two attached hydrogens (primary N) is 1. The minimum Gasteiger partial charge on any atom is -0.378 e. The lowest BCUT2D eigenvalue weighted by molar-refractivity contribution is -0.118. The second-order valence-electron chi connectivity index (χ2n) is 7.43. The molecule has 3 rings (SSSR count). The van der Waals surface area contributed by atoms with Crippen molar-refractivity contribution in [3.63, 3.8) is 0 Å². The van der Waals surface area contributed by atoms with Crippen LogP contribution in [0, 0.1) is 0 Å². The zero-order chi connectivity index (χ0) is 20.3. The first kappa shape index (κ1) is 21.5. The number of anilines is 1. The van der Waals surface area contributed by atoms with Crippen LogP contribution < -0.4 is 15.8 Å². The van der Waals surface area contributed by atoms with E-state index in [1.165, 1.54) is 12.8 Å². The quantitative estimate of drug-likeness (QED) is 0.522. The number of benzene rings is 1. The van der Waals surface area contributed by atoms with E-state index in [1.807, 2.05) is 0 Å². The summed E-state index contributed by atoms with van der Waals surface area (Å²) >= 11 is 3.42. The van der Waals surface area contributed by atoms with Gasteiger partial charge in [0.25, 0.3) is 0 Å². The van der Waals surface area contributed by atoms with E-state index in [1.54, 1.807) is 25.1 Å². The van der Waals surface area contributed by atoms with E-state index < -0.39 is 22.0 Å². The summed E-state index contributed by atoms with van der Waals surface area (Å²) in [5.41, 5.74) is 5.68. The maximum atomic E-state index is 12.9. The van der Waals surface area contributed by atoms with Crippen LogP contribution in [0.15, 0.2) is 27.6 Å². The number of nitrogens with one attached hydrogen (secondary N) is 2. The lowest BCUT2D eigenvalue weighted by Crippen LogP contribution is -2.45. The van der Waals surface area contributed by atoms with E-state index in [9.17, 15) is 13.2 Å². The summed E-state index contributed by atoms with van der Waals surface area (Å²) in [7, 11) is -3.83. The molecular formula is C18H27BrN4O4S. The molecule has 1 amide bonds. The van der Waals surface area contributed by atoms with Gasteiger partial charge in [0.05, 0.1) is 31.0 Å². The third-order valence-corrected chi connectivity index (χ3v) is 7.24. The van der Waals surface area contributed by atoms with Gasteiger partial charge < -0.3 is 15.8 Å². The number of hydrogen-bond acceptors (Lipinski definition) is 6. The second-order valence-corrected chi connectivity index (χ2v) is 10.0. The average Bonchev–Trinajstić information content (AvgIpc) is 3.24. The molecule has 3 atom stereocenters. The Kier molecular flexibility index (Phi) is 6.98. The fourth-order valence-corrected chi connectivity index (χ4v) is 5.59. The molecule has 0 bridgehead atoms. The fraction of sp³-hybridized carbons (Fsp3) is 0.611. The van der Waals surface area contributed by atoms with Crippen LogP contribution in [0.25, 0.3) is 0 Å². The summed E-state index contributed by atoms with van der Waals surface area (Å²) in [6.07, 6.45) is 2.30. The van der Waals surface area contributed by atoms with E-state index in [-0.39, 0.29) is 23.4 Å². The third kappa shape index (κ3) is 5.24. The summed E-state index contributed by atoms with van der Waals surface area (Å²) in [6, 6.07) is 4.62. The summed E-state index contributed by atoms with van der Waals surface area (Å²) in [4.78, 5) is 13.6. The summed E-state index contributed by atoms with van der Waals surface area (Å²) in [5, 5.41) is 3.39. The molecule has 0 spiro atoms. The molecule has 156 valence electrons. The van der Waals surface area contributed by atoms with Crippen molar-refractivity contribution < 1.29 is 17.9 Å². The first-order valence-electron chi connectivity index (χ1n) is 9.45. The van der Waals surface area contributed by atoms with E-state index in [4.69, 9.17) is 10.5 Å². The van der Waals surface area contributed by atoms with Crippen molar-refractivity contribution in [2.45, 2.75) is 49.2 Å². The van der Waals surface area contributed by atoms with Crippen LogP contribution in [0.2, 0.25) is 0 Å². The molecule has 2 aliphatic heterocycles. The van der Waals surface area contributed by atoms with Crippen LogP contribution in [0.4, 0.5) is 5.69 Å². The van der Waals surface area contributed by atoms with Gasteiger partial charge in [-0.2, -0.15) is 0 Å². The van der Waals surface area contributed by atoms with E-state index in [0.717, 1.165) is 17.6 Å². The van der Waals surface area contributed by atoms with Crippen LogP contribution in [0.1, 0.15) is 26.2 Å². The van der Waals surface area contributed by atoms with Crippen LogP contribution >= 0.6 is 15.9 Å². The zero-order valence-corrected chi connectivity index (χ0v) is 18.3. The van der Waals surface area contributed by atoms with E-state index in [0.29, 0.717) is 18.9 Å². The maximum Gasteiger partial charge on any atom is 0.242 e. The van der Waals surface area contributed by atoms with Crippen LogP contribution in [0.5, 0.6) is 0 Å². The molecule has 0 aromatic heterocycles. The largest absolute Gasteiger partial charge is 0.378 e. The fourth-order valence-electron chi connectivity index (χ4n) is 3.83. The highest BCUT2D eigenvalue weighted by Gasteiger charge is 2.35. The van der Waals surface area contributed by atoms with Crippen LogP contribution in [-0.2, 0) is 19.6 Å². The Labute approximate surface area is 174 Å². The molecule has 4 N–H and O–H groups in total. The van der Waals surface area contributed by atoms with Gasteiger partial charge in [-0.05, 0) is 51.1 Å². The Morgan fingerprint density at radius 1 is 1.36 bits per heavy atom. The number of halogens is 1. The number of rotatable bonds is 8. The predicted octanol–water partition coefficient (Wildman–Crippen LogP) is 1.27. The smallest absolute Gasteiger partial charge is 0.242 e. The molecule has 2 aliphatic rings. The van der Waals surface area contributed by atoms with Gasteiger partial charge in [-0.15, -0.1) is 0 Å². The maximum absolute atomic E-state index is 12.9. The molecule has 28 heavy (non-hydrogen) atoms. The molecule has 0 radical (unpaired) electrons. The van der Waals surface area contributed by atoms with Crippen molar-refractivity contribution in [1.82, 2.24) is 9.62 Å². The molecule has 1 aromatic rings. The second kappa shape index (κ2) is 9.08. The number of carbonyl (C=O) groups excluding carboxylic acids is 1. The Morgan fingerprint density at radius 3 is 2.75 bits per heavy atom. The number of nitrogens with zero attached hydrogens (tertiary/aromatic N) is 1. The summed E-state index contributed by atoms with van der Waals surface area (Å²) in [5.74, 6) is -0.555. The number of ether oxygens (including phenoxy) is 1. The van der Waals surface area contributed by atoms with Gasteiger partial charge in [0.1, 0.15) is 4.90 Å². The van der Waals surface area contributed by atoms with E-state index >= 15 is 0 Å². The average molecular weight is 475 g/mol. The van der Waals surface area contributed by atoms with Gasteiger partial charge in [-0.1, -0.05) is 15.9 Å². The molecule has 0 aliphatic carbocycles. The standard InChI is InChI=1S/C18H27BrN4O4S/c1-12(8-18(20)24)22-28(25,26)17-5-4-13(19)9-14(17)21-15-10-27-11-16(15)23-6-2-3-7-23/h4-5,9,12,15-16,21-22H,2-3,6-8,10-11H2,1H3,(H2,20,24)/t12?,15-,16-/m1/s1. The highest BCUT2D eigenvalue weighted by molar-refractivity contribution is 9.10. The molecule has 8 nitrogen and oxygen atoms in total. The molecule has 2 heterocycles. The first-order valence-corrected chi connectivity index (χ1v) is 11.7. The lowest BCUT2D eigenvalue weighted by Gasteiger charge is -2.29. The van der Waals surface area contributed by atoms with Crippen LogP contribution in [-0.4, -0.2) is 63.7 Å². The summed E-state index contributed by atoms with van der Waals surface area (Å²) in [6.45, 7) is 4.87. The predicted molar refractivity (Wildman–Crippen MR) is 111 cm³/mol. The first-order chi connectivity index (χ1) is 13.3. The van der Waals surface area contributed by atoms with Gasteiger partial charge >= 0.3 is 0 Å². The van der Waals surface area contributed by atoms with E-state index in [2.05, 4.69) is 30.9 Å². The highest BCUT2D eigenvalue weighted by atomic mass is 79.9. The SMILES string of the molecule is CC(CC(N)=O)NS(=O)(=O)c1ccc(Br)cc1N[C@@H]1COC[C@H]1N1CCCC1. The minimum atomic E-state index is -3.83. The number of hydrogen-bond donors (Lipinski definition) is 3. The van der Waals surface area contributed by atoms with Gasteiger partial charge in [-0.25, -0.2) is 13.1 Å². The van der Waals surface area contributed by atoms with Crippen LogP contribution in [0.3, 0.4) is 0 Å². The Balaban J connectivity index is 1.81. The number of amides is 1. The highest BCUT2D eigenvalue weighted by Crippen LogP contribution is 2.29. The Morgan fingerprint density at radius 2 is 2.07 bits per heavy atom. The third-order valence-electron chi connectivity index (χ3n) is 5.10. The van der Waals surface area contributed by atoms with Gasteiger partial charge in [0.15, 0.2) is 0 Å². The number of primary amides is 1. The summed E-state index contributed by atoms with van der Waals surface area (Å²) < 4.78 is 34.8. The Hall–Kier alpha value is -1.20. The number of likely N-dealkylation sites (tertiary alicyclic amines) is 1. The molecule has 2 saturated heterocycles. The topological polar surface area (TPSA) is 114 Å². The molecule has 1 unspecified atom stereocenters. The number of carbonyl (C=O) groups is 1. The number of sulfonamides is 1. The molecule has 1 aromatic carbocycles. The van der Waals surface area contributed by atoms with Crippen molar-refractivity contribution in [3.05, 3.63) is 22.7 Å². The van der Waals surface area contributed by atoms with Crippen molar-refractivity contribution in [2.75, 3.05) is 31.6 Å². The Bertz CT molecular complexity index is 814. The van der Waals surface area contributed by atoms with Gasteiger partial charge in [0.2, 0.25) is 15.9 Å². The van der Waals surface area contributed by atoms with Crippen molar-refractivity contribution >= 4 is 37.5 Å². The van der Waals surface area contributed by atoms with Gasteiger partial charge in [0, 0.05) is 16.9 Å². The van der Waals surface area contributed by atoms with Gasteiger partial charge in [-0.3, -0.25) is 9.69 Å². The molecular weight excluding hydrogens is 448 g/mol. The molecule has 10 heteroatoms. The molecule has 2 fully saturated rings. The normalized spacial score (nSPS) is 24.4.